The van der Waals surface area contributed by atoms with Crippen molar-refractivity contribution in [2.24, 2.45) is 5.73 Å². The summed E-state index contributed by atoms with van der Waals surface area (Å²) in [6, 6.07) is 26.4. The number of hydrogen-bond acceptors (Lipinski definition) is 4. The number of nitrogens with two attached hydrogens (primary N) is 1. The second-order valence-electron chi connectivity index (χ2n) is 7.92. The summed E-state index contributed by atoms with van der Waals surface area (Å²) in [5.74, 6) is -0.446. The molecule has 0 heterocycles. The summed E-state index contributed by atoms with van der Waals surface area (Å²) < 4.78 is 0. The molecule has 1 amide bonds. The minimum absolute atomic E-state index is 0.0520. The van der Waals surface area contributed by atoms with Gasteiger partial charge in [0.2, 0.25) is 5.91 Å². The molecule has 5 heteroatoms. The van der Waals surface area contributed by atoms with Crippen LogP contribution in [-0.2, 0) is 6.42 Å². The average molecular weight is 419 g/mol. The second-order valence-corrected chi connectivity index (χ2v) is 7.92. The van der Waals surface area contributed by atoms with Crippen molar-refractivity contribution in [1.29, 1.82) is 0 Å². The van der Waals surface area contributed by atoms with Gasteiger partial charge in [-0.3, -0.25) is 9.69 Å². The van der Waals surface area contributed by atoms with Gasteiger partial charge < -0.3 is 15.9 Å². The molecule has 0 spiro atoms. The Morgan fingerprint density at radius 1 is 0.806 bits per heavy atom. The average Bonchev–Trinajstić information content (AvgIpc) is 2.80. The van der Waals surface area contributed by atoms with Crippen molar-refractivity contribution in [1.82, 2.24) is 4.90 Å². The normalized spacial score (nSPS) is 14.2. The summed E-state index contributed by atoms with van der Waals surface area (Å²) in [4.78, 5) is 13.4. The van der Waals surface area contributed by atoms with E-state index in [0.717, 1.165) is 16.7 Å². The molecule has 0 saturated carbocycles. The Kier molecular flexibility index (Phi) is 7.95. The third kappa shape index (κ3) is 6.49. The zero-order valence-electron chi connectivity index (χ0n) is 17.8. The molecule has 3 aromatic carbocycles. The van der Waals surface area contributed by atoms with E-state index in [-0.39, 0.29) is 6.04 Å². The van der Waals surface area contributed by atoms with Crippen LogP contribution in [0.25, 0.3) is 0 Å². The van der Waals surface area contributed by atoms with Gasteiger partial charge in [-0.15, -0.1) is 0 Å². The maximum absolute atomic E-state index is 11.3. The number of rotatable bonds is 10. The van der Waals surface area contributed by atoms with Gasteiger partial charge in [0.1, 0.15) is 0 Å². The van der Waals surface area contributed by atoms with Gasteiger partial charge in [0.25, 0.3) is 0 Å². The van der Waals surface area contributed by atoms with E-state index in [1.807, 2.05) is 72.8 Å². The van der Waals surface area contributed by atoms with Crippen molar-refractivity contribution < 1.29 is 15.0 Å². The molecule has 0 saturated heterocycles. The summed E-state index contributed by atoms with van der Waals surface area (Å²) in [6.07, 6.45) is -0.616. The molecule has 3 aromatic rings. The van der Waals surface area contributed by atoms with Crippen LogP contribution >= 0.6 is 0 Å². The van der Waals surface area contributed by atoms with Crippen molar-refractivity contribution in [3.8, 4) is 0 Å². The van der Waals surface area contributed by atoms with Crippen molar-refractivity contribution in [3.05, 3.63) is 107 Å². The Labute approximate surface area is 183 Å². The fourth-order valence-electron chi connectivity index (χ4n) is 3.72. The van der Waals surface area contributed by atoms with Crippen molar-refractivity contribution in [2.45, 2.75) is 31.6 Å². The molecule has 4 N–H and O–H groups in total. The van der Waals surface area contributed by atoms with Crippen LogP contribution in [0.1, 0.15) is 46.2 Å². The molecule has 0 bridgehead atoms. The van der Waals surface area contributed by atoms with Gasteiger partial charge in [0, 0.05) is 24.7 Å². The highest BCUT2D eigenvalue weighted by atomic mass is 16.3. The van der Waals surface area contributed by atoms with Crippen LogP contribution in [0.2, 0.25) is 0 Å². The predicted octanol–water partition coefficient (Wildman–Crippen LogP) is 3.49. The van der Waals surface area contributed by atoms with Crippen LogP contribution < -0.4 is 5.73 Å². The van der Waals surface area contributed by atoms with Crippen molar-refractivity contribution >= 4 is 5.91 Å². The van der Waals surface area contributed by atoms with Gasteiger partial charge in [0.15, 0.2) is 0 Å². The monoisotopic (exact) mass is 418 g/mol. The number of amides is 1. The highest BCUT2D eigenvalue weighted by molar-refractivity contribution is 5.92. The van der Waals surface area contributed by atoms with Gasteiger partial charge in [-0.05, 0) is 42.2 Å². The maximum atomic E-state index is 11.3. The van der Waals surface area contributed by atoms with E-state index in [9.17, 15) is 15.0 Å². The third-order valence-corrected chi connectivity index (χ3v) is 5.58. The van der Waals surface area contributed by atoms with Crippen LogP contribution in [0.3, 0.4) is 0 Å². The summed E-state index contributed by atoms with van der Waals surface area (Å²) in [6.45, 7) is 2.88. The van der Waals surface area contributed by atoms with Gasteiger partial charge >= 0.3 is 0 Å². The van der Waals surface area contributed by atoms with E-state index < -0.39 is 18.1 Å². The van der Waals surface area contributed by atoms with Crippen LogP contribution in [0, 0.1) is 0 Å². The number of aliphatic hydroxyl groups excluding tert-OH is 2. The lowest BCUT2D eigenvalue weighted by molar-refractivity contribution is 0.0480. The SMILES string of the molecule is CC(Cc1ccc(C(N)=O)cc1)N(CC(O)c1ccccc1)CC(O)c1ccccc1. The molecule has 0 radical (unpaired) electrons. The lowest BCUT2D eigenvalue weighted by Crippen LogP contribution is -2.40. The predicted molar refractivity (Wildman–Crippen MR) is 123 cm³/mol. The van der Waals surface area contributed by atoms with Gasteiger partial charge in [-0.1, -0.05) is 72.8 Å². The van der Waals surface area contributed by atoms with Gasteiger partial charge in [-0.25, -0.2) is 0 Å². The molecule has 162 valence electrons. The van der Waals surface area contributed by atoms with E-state index in [0.29, 0.717) is 25.1 Å². The molecule has 31 heavy (non-hydrogen) atoms. The van der Waals surface area contributed by atoms with Gasteiger partial charge in [0.05, 0.1) is 12.2 Å². The quantitative estimate of drug-likeness (QED) is 0.470. The highest BCUT2D eigenvalue weighted by Crippen LogP contribution is 2.21. The molecular formula is C26H30N2O3. The van der Waals surface area contributed by atoms with Crippen molar-refractivity contribution in [2.75, 3.05) is 13.1 Å². The molecule has 0 aromatic heterocycles. The van der Waals surface area contributed by atoms with Crippen LogP contribution in [-0.4, -0.2) is 40.2 Å². The largest absolute Gasteiger partial charge is 0.387 e. The standard InChI is InChI=1S/C26H30N2O3/c1-19(16-20-12-14-23(15-13-20)26(27)31)28(17-24(29)21-8-4-2-5-9-21)18-25(30)22-10-6-3-7-11-22/h2-15,19,24-25,29-30H,16-18H2,1H3,(H2,27,31). The maximum Gasteiger partial charge on any atom is 0.248 e. The fourth-order valence-corrected chi connectivity index (χ4v) is 3.72. The first-order valence-corrected chi connectivity index (χ1v) is 10.5. The molecule has 0 fully saturated rings. The zero-order valence-corrected chi connectivity index (χ0v) is 17.8. The lowest BCUT2D eigenvalue weighted by atomic mass is 10.0. The first-order valence-electron chi connectivity index (χ1n) is 10.5. The topological polar surface area (TPSA) is 86.8 Å². The number of aliphatic hydroxyl groups is 2. The molecule has 3 rings (SSSR count). The molecule has 5 nitrogen and oxygen atoms in total. The van der Waals surface area contributed by atoms with E-state index in [4.69, 9.17) is 5.73 Å². The molecule has 0 aliphatic rings. The number of primary amides is 1. The Morgan fingerprint density at radius 2 is 1.26 bits per heavy atom. The number of carbonyl (C=O) groups excluding carboxylic acids is 1. The first-order chi connectivity index (χ1) is 14.9. The minimum atomic E-state index is -0.663. The third-order valence-electron chi connectivity index (χ3n) is 5.58. The smallest absolute Gasteiger partial charge is 0.248 e. The summed E-state index contributed by atoms with van der Waals surface area (Å²) in [5.41, 5.74) is 8.56. The van der Waals surface area contributed by atoms with E-state index in [1.165, 1.54) is 0 Å². The zero-order chi connectivity index (χ0) is 22.2. The Balaban J connectivity index is 1.75. The second kappa shape index (κ2) is 10.9. The van der Waals surface area contributed by atoms with E-state index in [2.05, 4.69) is 11.8 Å². The number of benzene rings is 3. The molecule has 0 aliphatic carbocycles. The van der Waals surface area contributed by atoms with Crippen LogP contribution in [0.4, 0.5) is 0 Å². The lowest BCUT2D eigenvalue weighted by Gasteiger charge is -2.33. The summed E-state index contributed by atoms with van der Waals surface area (Å²) in [7, 11) is 0. The summed E-state index contributed by atoms with van der Waals surface area (Å²) >= 11 is 0. The molecule has 0 aliphatic heterocycles. The van der Waals surface area contributed by atoms with Crippen LogP contribution in [0.5, 0.6) is 0 Å². The van der Waals surface area contributed by atoms with E-state index in [1.54, 1.807) is 12.1 Å². The van der Waals surface area contributed by atoms with Gasteiger partial charge in [-0.2, -0.15) is 0 Å². The molecular weight excluding hydrogens is 388 g/mol. The summed E-state index contributed by atoms with van der Waals surface area (Å²) in [5, 5.41) is 21.6. The minimum Gasteiger partial charge on any atom is -0.387 e. The molecule has 3 unspecified atom stereocenters. The number of carbonyl (C=O) groups is 1. The Bertz CT molecular complexity index is 898. The Morgan fingerprint density at radius 3 is 1.68 bits per heavy atom. The highest BCUT2D eigenvalue weighted by Gasteiger charge is 2.22. The van der Waals surface area contributed by atoms with Crippen LogP contribution in [0.15, 0.2) is 84.9 Å². The number of nitrogens with zero attached hydrogens (tertiary/aromatic N) is 1. The Hall–Kier alpha value is -2.99. The van der Waals surface area contributed by atoms with E-state index >= 15 is 0 Å². The fraction of sp³-hybridized carbons (Fsp3) is 0.269. The van der Waals surface area contributed by atoms with Crippen molar-refractivity contribution in [3.63, 3.8) is 0 Å². The first kappa shape index (κ1) is 22.7. The molecule has 3 atom stereocenters. The number of hydrogen-bond donors (Lipinski definition) is 3.